The number of nitrogens with one attached hydrogen (secondary N) is 1. The molecular formula is C30H36F3N3O4. The highest BCUT2D eigenvalue weighted by Gasteiger charge is 2.34. The van der Waals surface area contributed by atoms with E-state index in [4.69, 9.17) is 9.47 Å². The molecule has 1 atom stereocenters. The number of ether oxygens (including phenoxy) is 2. The SMILES string of the molecule is COC(=O)NCC(C1CCN(C(=O)C=Cc2cc(F)c(F)c(F)c2)CC1)N1CCC(c2ccc(OC)cc2)CC1. The van der Waals surface area contributed by atoms with Crippen LogP contribution in [0, 0.1) is 23.4 Å². The Hall–Kier alpha value is -3.53. The minimum Gasteiger partial charge on any atom is -0.497 e. The van der Waals surface area contributed by atoms with Crippen LogP contribution in [0.3, 0.4) is 0 Å². The van der Waals surface area contributed by atoms with Gasteiger partial charge in [0.25, 0.3) is 0 Å². The molecule has 2 amide bonds. The third kappa shape index (κ3) is 7.35. The van der Waals surface area contributed by atoms with Crippen LogP contribution in [-0.2, 0) is 9.53 Å². The van der Waals surface area contributed by atoms with Gasteiger partial charge in [0, 0.05) is 31.8 Å². The molecule has 1 unspecified atom stereocenters. The van der Waals surface area contributed by atoms with Crippen molar-refractivity contribution in [1.29, 1.82) is 0 Å². The summed E-state index contributed by atoms with van der Waals surface area (Å²) in [5.74, 6) is -2.83. The number of halogens is 3. The van der Waals surface area contributed by atoms with Crippen LogP contribution in [0.2, 0.25) is 0 Å². The highest BCUT2D eigenvalue weighted by molar-refractivity contribution is 5.91. The van der Waals surface area contributed by atoms with E-state index in [1.807, 2.05) is 12.1 Å². The maximum absolute atomic E-state index is 13.5. The van der Waals surface area contributed by atoms with Crippen LogP contribution in [-0.4, -0.2) is 74.8 Å². The number of alkyl carbamates (subject to hydrolysis) is 1. The molecule has 2 saturated heterocycles. The second kappa shape index (κ2) is 13.7. The Morgan fingerprint density at radius 1 is 0.975 bits per heavy atom. The van der Waals surface area contributed by atoms with Crippen molar-refractivity contribution in [1.82, 2.24) is 15.1 Å². The highest BCUT2D eigenvalue weighted by Crippen LogP contribution is 2.33. The molecule has 0 aliphatic carbocycles. The second-order valence-corrected chi connectivity index (χ2v) is 10.3. The zero-order valence-corrected chi connectivity index (χ0v) is 22.9. The molecule has 2 aromatic carbocycles. The van der Waals surface area contributed by atoms with E-state index in [-0.39, 0.29) is 23.4 Å². The van der Waals surface area contributed by atoms with Crippen LogP contribution in [0.4, 0.5) is 18.0 Å². The Labute approximate surface area is 232 Å². The van der Waals surface area contributed by atoms with Crippen molar-refractivity contribution in [2.24, 2.45) is 5.92 Å². The highest BCUT2D eigenvalue weighted by atomic mass is 19.2. The zero-order valence-electron chi connectivity index (χ0n) is 22.9. The minimum atomic E-state index is -1.54. The van der Waals surface area contributed by atoms with E-state index in [0.717, 1.165) is 56.7 Å². The number of methoxy groups -OCH3 is 2. The molecule has 0 radical (unpaired) electrons. The monoisotopic (exact) mass is 559 g/mol. The van der Waals surface area contributed by atoms with Gasteiger partial charge in [0.2, 0.25) is 5.91 Å². The van der Waals surface area contributed by atoms with Gasteiger partial charge in [0.1, 0.15) is 5.75 Å². The first-order valence-electron chi connectivity index (χ1n) is 13.6. The Bertz CT molecular complexity index is 1170. The van der Waals surface area contributed by atoms with Gasteiger partial charge in [-0.15, -0.1) is 0 Å². The largest absolute Gasteiger partial charge is 0.497 e. The Kier molecular flexibility index (Phi) is 10.1. The number of carbonyl (C=O) groups is 2. The third-order valence-corrected chi connectivity index (χ3v) is 8.05. The fourth-order valence-electron chi connectivity index (χ4n) is 5.74. The number of hydrogen-bond acceptors (Lipinski definition) is 5. The molecule has 2 heterocycles. The Balaban J connectivity index is 1.34. The molecule has 2 fully saturated rings. The average Bonchev–Trinajstić information content (AvgIpc) is 2.99. The fraction of sp³-hybridized carbons (Fsp3) is 0.467. The molecule has 2 aromatic rings. The molecule has 0 aromatic heterocycles. The van der Waals surface area contributed by atoms with Crippen LogP contribution in [0.1, 0.15) is 42.7 Å². The number of piperidine rings is 2. The Morgan fingerprint density at radius 2 is 1.60 bits per heavy atom. The summed E-state index contributed by atoms with van der Waals surface area (Å²) in [5.41, 5.74) is 1.38. The number of carbonyl (C=O) groups excluding carboxylic acids is 2. The van der Waals surface area contributed by atoms with Crippen molar-refractivity contribution in [2.75, 3.05) is 46.9 Å². The standard InChI is InChI=1S/C30H36F3N3O4/c1-39-24-6-4-21(5-7-24)22-9-13-35(14-10-22)27(19-34-30(38)40-2)23-11-15-36(16-12-23)28(37)8-3-20-17-25(31)29(33)26(32)18-20/h3-8,17-18,22-23,27H,9-16,19H2,1-2H3,(H,34,38). The summed E-state index contributed by atoms with van der Waals surface area (Å²) in [6.45, 7) is 3.31. The summed E-state index contributed by atoms with van der Waals surface area (Å²) in [6, 6.07) is 10.0. The summed E-state index contributed by atoms with van der Waals surface area (Å²) in [4.78, 5) is 28.7. The molecule has 2 aliphatic heterocycles. The molecule has 0 bridgehead atoms. The van der Waals surface area contributed by atoms with E-state index in [1.165, 1.54) is 24.8 Å². The van der Waals surface area contributed by atoms with Gasteiger partial charge in [-0.05, 0) is 92.1 Å². The smallest absolute Gasteiger partial charge is 0.406 e. The van der Waals surface area contributed by atoms with Crippen molar-refractivity contribution in [3.8, 4) is 5.75 Å². The number of hydrogen-bond donors (Lipinski definition) is 1. The van der Waals surface area contributed by atoms with E-state index in [1.54, 1.807) is 12.0 Å². The first-order chi connectivity index (χ1) is 19.3. The summed E-state index contributed by atoms with van der Waals surface area (Å²) >= 11 is 0. The van der Waals surface area contributed by atoms with Crippen molar-refractivity contribution < 1.29 is 32.2 Å². The quantitative estimate of drug-likeness (QED) is 0.366. The van der Waals surface area contributed by atoms with Crippen LogP contribution in [0.25, 0.3) is 6.08 Å². The van der Waals surface area contributed by atoms with Gasteiger partial charge >= 0.3 is 6.09 Å². The normalized spacial score (nSPS) is 18.1. The van der Waals surface area contributed by atoms with Gasteiger partial charge in [-0.25, -0.2) is 18.0 Å². The van der Waals surface area contributed by atoms with Crippen molar-refractivity contribution in [3.05, 3.63) is 71.1 Å². The van der Waals surface area contributed by atoms with Gasteiger partial charge in [-0.3, -0.25) is 9.69 Å². The van der Waals surface area contributed by atoms with Crippen molar-refractivity contribution >= 4 is 18.1 Å². The predicted molar refractivity (Wildman–Crippen MR) is 145 cm³/mol. The molecule has 7 nitrogen and oxygen atoms in total. The zero-order chi connectivity index (χ0) is 28.6. The van der Waals surface area contributed by atoms with Gasteiger partial charge in [-0.1, -0.05) is 12.1 Å². The molecule has 1 N–H and O–H groups in total. The molecule has 216 valence electrons. The van der Waals surface area contributed by atoms with E-state index < -0.39 is 23.5 Å². The average molecular weight is 560 g/mol. The van der Waals surface area contributed by atoms with E-state index in [2.05, 4.69) is 22.3 Å². The van der Waals surface area contributed by atoms with Crippen molar-refractivity contribution in [2.45, 2.75) is 37.6 Å². The summed E-state index contributed by atoms with van der Waals surface area (Å²) in [6.07, 6.45) is 5.60. The molecule has 4 rings (SSSR count). The van der Waals surface area contributed by atoms with Crippen molar-refractivity contribution in [3.63, 3.8) is 0 Å². The topological polar surface area (TPSA) is 71.1 Å². The molecule has 0 saturated carbocycles. The molecule has 2 aliphatic rings. The van der Waals surface area contributed by atoms with Crippen LogP contribution in [0.15, 0.2) is 42.5 Å². The lowest BCUT2D eigenvalue weighted by Gasteiger charge is -2.44. The lowest BCUT2D eigenvalue weighted by Crippen LogP contribution is -2.53. The van der Waals surface area contributed by atoms with E-state index >= 15 is 0 Å². The lowest BCUT2D eigenvalue weighted by molar-refractivity contribution is -0.127. The van der Waals surface area contributed by atoms with Gasteiger partial charge in [-0.2, -0.15) is 0 Å². The minimum absolute atomic E-state index is 0.0756. The fourth-order valence-corrected chi connectivity index (χ4v) is 5.74. The maximum Gasteiger partial charge on any atom is 0.406 e. The number of nitrogens with zero attached hydrogens (tertiary/aromatic N) is 2. The third-order valence-electron chi connectivity index (χ3n) is 8.05. The van der Waals surface area contributed by atoms with E-state index in [0.29, 0.717) is 25.6 Å². The first-order valence-corrected chi connectivity index (χ1v) is 13.6. The maximum atomic E-state index is 13.5. The summed E-state index contributed by atoms with van der Waals surface area (Å²) < 4.78 is 50.2. The first kappa shape index (κ1) is 29.5. The molecule has 10 heteroatoms. The number of likely N-dealkylation sites (tertiary alicyclic amines) is 2. The number of rotatable bonds is 8. The molecular weight excluding hydrogens is 523 g/mol. The van der Waals surface area contributed by atoms with Gasteiger partial charge < -0.3 is 19.7 Å². The summed E-state index contributed by atoms with van der Waals surface area (Å²) in [5, 5.41) is 2.87. The molecule has 40 heavy (non-hydrogen) atoms. The van der Waals surface area contributed by atoms with Crippen LogP contribution in [0.5, 0.6) is 5.75 Å². The number of amides is 2. The predicted octanol–water partition coefficient (Wildman–Crippen LogP) is 4.97. The van der Waals surface area contributed by atoms with Gasteiger partial charge in [0.15, 0.2) is 17.5 Å². The van der Waals surface area contributed by atoms with Gasteiger partial charge in [0.05, 0.1) is 14.2 Å². The lowest BCUT2D eigenvalue weighted by atomic mass is 9.84. The van der Waals surface area contributed by atoms with Crippen LogP contribution < -0.4 is 10.1 Å². The summed E-state index contributed by atoms with van der Waals surface area (Å²) in [7, 11) is 3.00. The van der Waals surface area contributed by atoms with E-state index in [9.17, 15) is 22.8 Å². The Morgan fingerprint density at radius 3 is 2.17 bits per heavy atom. The second-order valence-electron chi connectivity index (χ2n) is 10.3. The molecule has 0 spiro atoms. The number of benzene rings is 2. The van der Waals surface area contributed by atoms with Crippen LogP contribution >= 0.6 is 0 Å².